The first-order valence-electron chi connectivity index (χ1n) is 20.3. The molecule has 3 heterocycles. The van der Waals surface area contributed by atoms with Gasteiger partial charge in [-0.2, -0.15) is 0 Å². The van der Waals surface area contributed by atoms with Gasteiger partial charge in [0.1, 0.15) is 17.9 Å². The fourth-order valence-corrected chi connectivity index (χ4v) is 9.12. The number of Topliss-reactive ketones (excluding diaryl/α,β-unsaturated/α-hetero) is 2. The van der Waals surface area contributed by atoms with Gasteiger partial charge in [-0.05, 0) is 102 Å². The minimum absolute atomic E-state index is 0.0123. The maximum atomic E-state index is 14.2. The molecule has 3 N–H and O–H groups in total. The van der Waals surface area contributed by atoms with Gasteiger partial charge >= 0.3 is 5.97 Å². The third kappa shape index (κ3) is 10.5. The van der Waals surface area contributed by atoms with E-state index in [2.05, 4.69) is 6.92 Å². The third-order valence-corrected chi connectivity index (χ3v) is 12.6. The van der Waals surface area contributed by atoms with Crippen molar-refractivity contribution >= 4 is 23.4 Å². The molecule has 12 nitrogen and oxygen atoms in total. The van der Waals surface area contributed by atoms with Crippen LogP contribution in [0.5, 0.6) is 0 Å². The molecule has 0 spiro atoms. The fraction of sp³-hybridized carbons (Fsp3) is 0.810. The van der Waals surface area contributed by atoms with Crippen molar-refractivity contribution in [2.75, 3.05) is 20.8 Å². The standard InChI is InChI=1S/C42H67NO11/c1-9-30-19-24(2)18-25(3)20-37(52-8)35-16-13-27(5)42(50,54-35)39(47)40(48)43-17-11-10-12-31(43)41(49)53-38(28(6)33(45)23-34(30)46)26(4)21-29-14-15-32(44)36(22-29)51-7/h19,21,25,27-33,35-38,44-45,50H,9-18,20,22-23H2,1-8H3/b24-19+,26-21+/t25-,27+,28+,29?,30+,31-,32+,33-,35+,36+,37?,38+,42+/m0/s1. The number of rotatable bonds is 5. The Labute approximate surface area is 322 Å². The van der Waals surface area contributed by atoms with E-state index in [9.17, 15) is 34.5 Å². The number of piperidine rings is 1. The highest BCUT2D eigenvalue weighted by Crippen LogP contribution is 2.38. The Morgan fingerprint density at radius 2 is 1.65 bits per heavy atom. The Kier molecular flexibility index (Phi) is 16.0. The predicted molar refractivity (Wildman–Crippen MR) is 202 cm³/mol. The van der Waals surface area contributed by atoms with Crippen molar-refractivity contribution in [1.29, 1.82) is 0 Å². The van der Waals surface area contributed by atoms with Crippen molar-refractivity contribution in [3.8, 4) is 0 Å². The van der Waals surface area contributed by atoms with Crippen LogP contribution in [0.1, 0.15) is 119 Å². The summed E-state index contributed by atoms with van der Waals surface area (Å²) in [6.45, 7) is 11.4. The molecule has 3 aliphatic heterocycles. The zero-order valence-electron chi connectivity index (χ0n) is 33.8. The van der Waals surface area contributed by atoms with Gasteiger partial charge in [0.2, 0.25) is 5.79 Å². The maximum Gasteiger partial charge on any atom is 0.329 e. The summed E-state index contributed by atoms with van der Waals surface area (Å²) in [5, 5.41) is 33.9. The lowest BCUT2D eigenvalue weighted by Crippen LogP contribution is -2.61. The number of methoxy groups -OCH3 is 2. The van der Waals surface area contributed by atoms with Crippen LogP contribution >= 0.6 is 0 Å². The van der Waals surface area contributed by atoms with Crippen LogP contribution in [0.4, 0.5) is 0 Å². The quantitative estimate of drug-likeness (QED) is 0.199. The molecule has 2 bridgehead atoms. The number of allylic oxidation sites excluding steroid dienone is 3. The lowest BCUT2D eigenvalue weighted by molar-refractivity contribution is -0.278. The lowest BCUT2D eigenvalue weighted by atomic mass is 9.81. The molecule has 306 valence electrons. The molecule has 13 atom stereocenters. The van der Waals surface area contributed by atoms with E-state index in [0.29, 0.717) is 69.8 Å². The molecule has 1 amide bonds. The monoisotopic (exact) mass is 761 g/mol. The Morgan fingerprint density at radius 1 is 0.944 bits per heavy atom. The molecule has 0 aromatic rings. The van der Waals surface area contributed by atoms with Crippen molar-refractivity contribution in [1.82, 2.24) is 4.90 Å². The predicted octanol–water partition coefficient (Wildman–Crippen LogP) is 4.85. The van der Waals surface area contributed by atoms with Gasteiger partial charge in [-0.1, -0.05) is 45.4 Å². The molecule has 4 aliphatic rings. The number of amides is 1. The van der Waals surface area contributed by atoms with E-state index in [1.165, 1.54) is 4.90 Å². The van der Waals surface area contributed by atoms with E-state index >= 15 is 0 Å². The minimum atomic E-state index is -2.40. The average molecular weight is 762 g/mol. The number of fused-ring (bicyclic) bond motifs is 3. The highest BCUT2D eigenvalue weighted by Gasteiger charge is 2.54. The molecule has 1 saturated carbocycles. The zero-order chi connectivity index (χ0) is 39.9. The largest absolute Gasteiger partial charge is 0.456 e. The van der Waals surface area contributed by atoms with Crippen molar-refractivity contribution in [3.63, 3.8) is 0 Å². The Bertz CT molecular complexity index is 1380. The number of esters is 1. The molecule has 4 rings (SSSR count). The summed E-state index contributed by atoms with van der Waals surface area (Å²) >= 11 is 0. The summed E-state index contributed by atoms with van der Waals surface area (Å²) in [5.74, 6) is -7.01. The number of aliphatic hydroxyl groups excluding tert-OH is 2. The fourth-order valence-electron chi connectivity index (χ4n) is 9.12. The van der Waals surface area contributed by atoms with Gasteiger partial charge in [0.25, 0.3) is 11.7 Å². The Morgan fingerprint density at radius 3 is 2.31 bits per heavy atom. The third-order valence-electron chi connectivity index (χ3n) is 12.6. The molecular weight excluding hydrogens is 694 g/mol. The first kappa shape index (κ1) is 44.2. The van der Waals surface area contributed by atoms with Crippen LogP contribution in [0.15, 0.2) is 23.3 Å². The van der Waals surface area contributed by atoms with Gasteiger partial charge in [-0.25, -0.2) is 4.79 Å². The summed E-state index contributed by atoms with van der Waals surface area (Å²) in [5.41, 5.74) is 1.70. The summed E-state index contributed by atoms with van der Waals surface area (Å²) in [7, 11) is 3.13. The van der Waals surface area contributed by atoms with Gasteiger partial charge < -0.3 is 39.2 Å². The van der Waals surface area contributed by atoms with Gasteiger partial charge in [-0.15, -0.1) is 0 Å². The van der Waals surface area contributed by atoms with Gasteiger partial charge in [0.15, 0.2) is 0 Å². The van der Waals surface area contributed by atoms with Crippen LogP contribution in [-0.2, 0) is 38.1 Å². The molecule has 2 saturated heterocycles. The molecule has 12 heteroatoms. The van der Waals surface area contributed by atoms with E-state index in [4.69, 9.17) is 18.9 Å². The number of carbonyl (C=O) groups is 4. The summed E-state index contributed by atoms with van der Waals surface area (Å²) in [6, 6.07) is -1.10. The first-order chi connectivity index (χ1) is 25.5. The highest BCUT2D eigenvalue weighted by atomic mass is 16.7. The van der Waals surface area contributed by atoms with Crippen LogP contribution in [0, 0.1) is 29.6 Å². The normalized spacial score (nSPS) is 41.3. The second-order valence-electron chi connectivity index (χ2n) is 16.8. The number of nitrogens with zero attached hydrogens (tertiary/aromatic N) is 1. The number of aliphatic hydroxyl groups is 3. The number of hydrogen-bond acceptors (Lipinski definition) is 11. The van der Waals surface area contributed by atoms with Gasteiger partial charge in [0, 0.05) is 44.9 Å². The summed E-state index contributed by atoms with van der Waals surface area (Å²) in [6.07, 6.45) is 5.70. The summed E-state index contributed by atoms with van der Waals surface area (Å²) < 4.78 is 23.8. The van der Waals surface area contributed by atoms with Gasteiger partial charge in [-0.3, -0.25) is 14.4 Å². The second-order valence-corrected chi connectivity index (χ2v) is 16.8. The van der Waals surface area contributed by atoms with E-state index in [0.717, 1.165) is 5.57 Å². The highest BCUT2D eigenvalue weighted by molar-refractivity contribution is 6.39. The SMILES string of the molecule is CC[C@@H]1/C=C(\C)C[C@H](C)CC(OC)[C@H]2CC[C@@H](C)[C@@](O)(O2)C(=O)C(=O)N2CCCC[C@H]2C(=O)O[C@H](/C(C)=C/C2CC[C@@H](O)[C@H](OC)C2)[C@H](C)[C@@H](O)CC1=O. The van der Waals surface area contributed by atoms with E-state index < -0.39 is 77.8 Å². The van der Waals surface area contributed by atoms with Crippen LogP contribution in [0.2, 0.25) is 0 Å². The molecule has 0 aromatic heterocycles. The lowest BCUT2D eigenvalue weighted by Gasteiger charge is -2.44. The van der Waals surface area contributed by atoms with Crippen molar-refractivity contribution in [2.45, 2.75) is 167 Å². The molecular formula is C42H67NO11. The number of ketones is 2. The van der Waals surface area contributed by atoms with E-state index in [-0.39, 0.29) is 43.1 Å². The second kappa shape index (κ2) is 19.6. The first-order valence-corrected chi connectivity index (χ1v) is 20.3. The van der Waals surface area contributed by atoms with Gasteiger partial charge in [0.05, 0.1) is 30.5 Å². The van der Waals surface area contributed by atoms with Crippen LogP contribution in [-0.4, -0.2) is 113 Å². The van der Waals surface area contributed by atoms with Crippen molar-refractivity contribution in [3.05, 3.63) is 23.3 Å². The molecule has 54 heavy (non-hydrogen) atoms. The number of ether oxygens (including phenoxy) is 4. The molecule has 3 fully saturated rings. The van der Waals surface area contributed by atoms with Crippen LogP contribution < -0.4 is 0 Å². The van der Waals surface area contributed by atoms with Crippen LogP contribution in [0.25, 0.3) is 0 Å². The number of cyclic esters (lactones) is 1. The maximum absolute atomic E-state index is 14.2. The number of carbonyl (C=O) groups excluding carboxylic acids is 4. The Hall–Kier alpha value is -2.48. The minimum Gasteiger partial charge on any atom is -0.456 e. The van der Waals surface area contributed by atoms with Crippen molar-refractivity contribution in [2.24, 2.45) is 29.6 Å². The summed E-state index contributed by atoms with van der Waals surface area (Å²) in [4.78, 5) is 57.3. The smallest absolute Gasteiger partial charge is 0.329 e. The molecule has 1 aliphatic carbocycles. The van der Waals surface area contributed by atoms with Crippen LogP contribution in [0.3, 0.4) is 0 Å². The zero-order valence-corrected chi connectivity index (χ0v) is 33.8. The van der Waals surface area contributed by atoms with E-state index in [1.807, 2.05) is 32.9 Å². The Balaban J connectivity index is 1.74. The molecule has 0 aromatic carbocycles. The van der Waals surface area contributed by atoms with E-state index in [1.54, 1.807) is 28.1 Å². The van der Waals surface area contributed by atoms with Crippen molar-refractivity contribution < 1.29 is 53.4 Å². The molecule has 0 radical (unpaired) electrons. The number of hydrogen-bond donors (Lipinski definition) is 3. The topological polar surface area (TPSA) is 169 Å². The molecule has 2 unspecified atom stereocenters. The average Bonchev–Trinajstić information content (AvgIpc) is 3.15.